The molecule has 3 aromatic carbocycles. The maximum absolute atomic E-state index is 11.8. The lowest BCUT2D eigenvalue weighted by Gasteiger charge is -2.25. The lowest BCUT2D eigenvalue weighted by atomic mass is 10.2. The Kier molecular flexibility index (Phi) is 12.0. The van der Waals surface area contributed by atoms with E-state index in [0.717, 1.165) is 5.56 Å². The molecule has 0 aromatic heterocycles. The summed E-state index contributed by atoms with van der Waals surface area (Å²) in [5, 5.41) is 31.8. The predicted octanol–water partition coefficient (Wildman–Crippen LogP) is 1.30. The third kappa shape index (κ3) is 10.1. The number of carbonyl (C=O) groups excluding carboxylic acids is 2. The van der Waals surface area contributed by atoms with Crippen LogP contribution in [0.5, 0.6) is 23.0 Å². The van der Waals surface area contributed by atoms with Crippen molar-refractivity contribution in [3.8, 4) is 23.0 Å². The Hall–Kier alpha value is -4.32. The number of benzene rings is 3. The third-order valence-electron chi connectivity index (χ3n) is 5.68. The van der Waals surface area contributed by atoms with Crippen LogP contribution in [0.2, 0.25) is 0 Å². The summed E-state index contributed by atoms with van der Waals surface area (Å²) in [6.07, 6.45) is -0.875. The molecule has 0 spiro atoms. The number of phenolic OH excluding ortho intramolecular Hbond substituents is 1. The number of aromatic hydroxyl groups is 1. The molecule has 0 bridgehead atoms. The van der Waals surface area contributed by atoms with Crippen LogP contribution in [0.15, 0.2) is 72.8 Å². The van der Waals surface area contributed by atoms with Crippen LogP contribution in [0, 0.1) is 0 Å². The van der Waals surface area contributed by atoms with Crippen molar-refractivity contribution in [2.24, 2.45) is 5.73 Å². The highest BCUT2D eigenvalue weighted by molar-refractivity contribution is 5.96. The van der Waals surface area contributed by atoms with E-state index in [-0.39, 0.29) is 62.5 Å². The Labute approximate surface area is 232 Å². The second-order valence-corrected chi connectivity index (χ2v) is 8.89. The van der Waals surface area contributed by atoms with Gasteiger partial charge in [-0.25, -0.2) is 0 Å². The highest BCUT2D eigenvalue weighted by atomic mass is 16.5. The molecule has 6 N–H and O–H groups in total. The van der Waals surface area contributed by atoms with Gasteiger partial charge in [-0.05, 0) is 35.9 Å². The van der Waals surface area contributed by atoms with Crippen molar-refractivity contribution in [2.75, 3.05) is 46.1 Å². The van der Waals surface area contributed by atoms with Crippen molar-refractivity contribution in [2.45, 2.75) is 12.6 Å². The summed E-state index contributed by atoms with van der Waals surface area (Å²) in [4.78, 5) is 25.5. The Morgan fingerprint density at radius 1 is 0.925 bits per heavy atom. The average molecular weight is 554 g/mol. The minimum atomic E-state index is -0.875. The van der Waals surface area contributed by atoms with Crippen molar-refractivity contribution in [3.05, 3.63) is 83.9 Å². The van der Waals surface area contributed by atoms with Gasteiger partial charge >= 0.3 is 0 Å². The molecule has 3 rings (SSSR count). The number of carbonyl (C=O) groups is 2. The quantitative estimate of drug-likeness (QED) is 0.166. The van der Waals surface area contributed by atoms with Crippen LogP contribution < -0.4 is 25.3 Å². The molecule has 40 heavy (non-hydrogen) atoms. The number of aliphatic hydroxyl groups excluding tert-OH is 2. The molecule has 11 heteroatoms. The van der Waals surface area contributed by atoms with Crippen molar-refractivity contribution in [1.82, 2.24) is 10.2 Å². The summed E-state index contributed by atoms with van der Waals surface area (Å²) >= 11 is 0. The minimum Gasteiger partial charge on any atom is -0.508 e. The highest BCUT2D eigenvalue weighted by Crippen LogP contribution is 2.27. The molecule has 214 valence electrons. The van der Waals surface area contributed by atoms with E-state index in [4.69, 9.17) is 25.1 Å². The molecular formula is C29H35N3O8. The number of amides is 2. The van der Waals surface area contributed by atoms with Gasteiger partial charge in [-0.2, -0.15) is 0 Å². The van der Waals surface area contributed by atoms with Gasteiger partial charge in [-0.15, -0.1) is 0 Å². The number of aliphatic hydroxyl groups is 2. The molecule has 0 radical (unpaired) electrons. The van der Waals surface area contributed by atoms with Crippen molar-refractivity contribution in [3.63, 3.8) is 0 Å². The third-order valence-corrected chi connectivity index (χ3v) is 5.68. The van der Waals surface area contributed by atoms with E-state index in [1.54, 1.807) is 24.3 Å². The van der Waals surface area contributed by atoms with Crippen LogP contribution in [0.4, 0.5) is 0 Å². The predicted molar refractivity (Wildman–Crippen MR) is 147 cm³/mol. The first kappa shape index (κ1) is 30.2. The number of phenols is 1. The minimum absolute atomic E-state index is 0.0347. The van der Waals surface area contributed by atoms with Crippen LogP contribution in [0.3, 0.4) is 0 Å². The Morgan fingerprint density at radius 2 is 1.62 bits per heavy atom. The first-order valence-electron chi connectivity index (χ1n) is 12.8. The van der Waals surface area contributed by atoms with Crippen LogP contribution in [-0.4, -0.2) is 84.2 Å². The van der Waals surface area contributed by atoms with Gasteiger partial charge in [-0.3, -0.25) is 14.5 Å². The van der Waals surface area contributed by atoms with Gasteiger partial charge in [0.25, 0.3) is 11.8 Å². The summed E-state index contributed by atoms with van der Waals surface area (Å²) in [5.74, 6) is -0.196. The molecule has 0 heterocycles. The van der Waals surface area contributed by atoms with Gasteiger partial charge in [0.05, 0.1) is 12.2 Å². The standard InChI is InChI=1S/C29H35N3O8/c30-29(37)24-16-22(34)10-11-25(24)38-15-13-32(17-21-6-2-1-3-7-21)18-23(35)19-39-26-8-4-5-9-27(26)40-20-28(36)31-12-14-33/h1-11,16,23,33-35H,12-15,17-20H2,(H2,30,37)(H,31,36). The zero-order chi connectivity index (χ0) is 28.7. The zero-order valence-corrected chi connectivity index (χ0v) is 22.1. The molecule has 0 saturated heterocycles. The first-order valence-corrected chi connectivity index (χ1v) is 12.8. The van der Waals surface area contributed by atoms with Gasteiger partial charge in [0.15, 0.2) is 18.1 Å². The molecular weight excluding hydrogens is 518 g/mol. The fourth-order valence-electron chi connectivity index (χ4n) is 3.81. The summed E-state index contributed by atoms with van der Waals surface area (Å²) in [6, 6.07) is 20.7. The van der Waals surface area contributed by atoms with E-state index in [2.05, 4.69) is 5.32 Å². The van der Waals surface area contributed by atoms with Crippen molar-refractivity contribution >= 4 is 11.8 Å². The number of ether oxygens (including phenoxy) is 3. The monoisotopic (exact) mass is 553 g/mol. The molecule has 0 saturated carbocycles. The lowest BCUT2D eigenvalue weighted by Crippen LogP contribution is -2.37. The maximum atomic E-state index is 11.8. The number of nitrogens with two attached hydrogens (primary N) is 1. The Morgan fingerprint density at radius 3 is 2.33 bits per heavy atom. The molecule has 1 atom stereocenters. The van der Waals surface area contributed by atoms with Crippen molar-refractivity contribution < 1.29 is 39.1 Å². The lowest BCUT2D eigenvalue weighted by molar-refractivity contribution is -0.123. The number of primary amides is 1. The van der Waals surface area contributed by atoms with Gasteiger partial charge in [0, 0.05) is 26.2 Å². The zero-order valence-electron chi connectivity index (χ0n) is 22.1. The molecule has 2 amide bonds. The summed E-state index contributed by atoms with van der Waals surface area (Å²) < 4.78 is 17.1. The number of para-hydroxylation sites is 2. The molecule has 0 aliphatic rings. The maximum Gasteiger partial charge on any atom is 0.258 e. The van der Waals surface area contributed by atoms with Gasteiger partial charge in [-0.1, -0.05) is 42.5 Å². The molecule has 0 fully saturated rings. The van der Waals surface area contributed by atoms with Crippen LogP contribution in [0.1, 0.15) is 15.9 Å². The van der Waals surface area contributed by atoms with Crippen LogP contribution in [0.25, 0.3) is 0 Å². The number of nitrogens with zero attached hydrogens (tertiary/aromatic N) is 1. The summed E-state index contributed by atoms with van der Waals surface area (Å²) in [7, 11) is 0. The van der Waals surface area contributed by atoms with Crippen LogP contribution >= 0.6 is 0 Å². The van der Waals surface area contributed by atoms with E-state index in [1.165, 1.54) is 18.2 Å². The fraction of sp³-hybridized carbons (Fsp3) is 0.310. The van der Waals surface area contributed by atoms with E-state index in [9.17, 15) is 19.8 Å². The fourth-order valence-corrected chi connectivity index (χ4v) is 3.81. The molecule has 1 unspecified atom stereocenters. The molecule has 3 aromatic rings. The van der Waals surface area contributed by atoms with Gasteiger partial charge in [0.2, 0.25) is 0 Å². The second-order valence-electron chi connectivity index (χ2n) is 8.89. The largest absolute Gasteiger partial charge is 0.508 e. The van der Waals surface area contributed by atoms with Gasteiger partial charge in [0.1, 0.15) is 30.8 Å². The van der Waals surface area contributed by atoms with E-state index in [1.807, 2.05) is 35.2 Å². The molecule has 0 aliphatic heterocycles. The van der Waals surface area contributed by atoms with Crippen LogP contribution in [-0.2, 0) is 11.3 Å². The Bertz CT molecular complexity index is 1220. The SMILES string of the molecule is NC(=O)c1cc(O)ccc1OCCN(Cc1ccccc1)CC(O)COc1ccccc1OCC(=O)NCCO. The van der Waals surface area contributed by atoms with Crippen molar-refractivity contribution in [1.29, 1.82) is 0 Å². The van der Waals surface area contributed by atoms with E-state index >= 15 is 0 Å². The average Bonchev–Trinajstić information content (AvgIpc) is 2.95. The number of rotatable bonds is 17. The highest BCUT2D eigenvalue weighted by Gasteiger charge is 2.16. The summed E-state index contributed by atoms with van der Waals surface area (Å²) in [5.41, 5.74) is 6.52. The molecule has 0 aliphatic carbocycles. The molecule has 11 nitrogen and oxygen atoms in total. The van der Waals surface area contributed by atoms with E-state index < -0.39 is 12.0 Å². The smallest absolute Gasteiger partial charge is 0.258 e. The van der Waals surface area contributed by atoms with Gasteiger partial charge < -0.3 is 40.6 Å². The normalized spacial score (nSPS) is 11.6. The van der Waals surface area contributed by atoms with E-state index in [0.29, 0.717) is 24.6 Å². The first-order chi connectivity index (χ1) is 19.4. The Balaban J connectivity index is 1.58. The second kappa shape index (κ2) is 15.9. The summed E-state index contributed by atoms with van der Waals surface area (Å²) in [6.45, 7) is 1.08. The number of nitrogens with one attached hydrogen (secondary N) is 1. The topological polar surface area (TPSA) is 164 Å². The number of hydrogen-bond donors (Lipinski definition) is 5. The number of hydrogen-bond acceptors (Lipinski definition) is 9.